The summed E-state index contributed by atoms with van der Waals surface area (Å²) in [5.41, 5.74) is 0.698. The molecule has 9 heteroatoms. The zero-order valence-electron chi connectivity index (χ0n) is 13.6. The smallest absolute Gasteiger partial charge is 0.232 e. The third-order valence-corrected chi connectivity index (χ3v) is 5.81. The molecule has 0 radical (unpaired) electrons. The van der Waals surface area contributed by atoms with Crippen LogP contribution in [-0.4, -0.2) is 38.9 Å². The Labute approximate surface area is 152 Å². The number of rotatable bonds is 6. The molecule has 0 saturated heterocycles. The molecule has 1 N–H and O–H groups in total. The number of carbonyl (C=O) groups excluding carboxylic acids is 1. The number of thiazole rings is 1. The number of halogens is 1. The summed E-state index contributed by atoms with van der Waals surface area (Å²) in [6.45, 7) is 4.05. The van der Waals surface area contributed by atoms with Gasteiger partial charge < -0.3 is 4.90 Å². The van der Waals surface area contributed by atoms with E-state index in [2.05, 4.69) is 4.98 Å². The van der Waals surface area contributed by atoms with E-state index < -0.39 is 10.8 Å². The molecule has 0 saturated carbocycles. The van der Waals surface area contributed by atoms with Gasteiger partial charge >= 0.3 is 0 Å². The fraction of sp³-hybridized carbons (Fsp3) is 0.400. The van der Waals surface area contributed by atoms with Gasteiger partial charge in [-0.3, -0.25) is 14.2 Å². The average Bonchev–Trinajstić information content (AvgIpc) is 2.89. The van der Waals surface area contributed by atoms with Crippen LogP contribution in [-0.2, 0) is 15.6 Å². The van der Waals surface area contributed by atoms with Gasteiger partial charge in [-0.1, -0.05) is 29.9 Å². The summed E-state index contributed by atoms with van der Waals surface area (Å²) < 4.78 is 12.3. The van der Waals surface area contributed by atoms with E-state index in [0.29, 0.717) is 27.9 Å². The lowest BCUT2D eigenvalue weighted by Gasteiger charge is -2.22. The number of amides is 1. The topological polar surface area (TPSA) is 74.4 Å². The third-order valence-electron chi connectivity index (χ3n) is 3.34. The predicted octanol–water partition coefficient (Wildman–Crippen LogP) is 2.36. The highest BCUT2D eigenvalue weighted by atomic mass is 35.5. The van der Waals surface area contributed by atoms with E-state index in [1.807, 2.05) is 6.92 Å². The Morgan fingerprint density at radius 1 is 1.58 bits per heavy atom. The van der Waals surface area contributed by atoms with Crippen molar-refractivity contribution in [2.45, 2.75) is 13.8 Å². The highest BCUT2D eigenvalue weighted by Crippen LogP contribution is 2.37. The van der Waals surface area contributed by atoms with Gasteiger partial charge in [0, 0.05) is 46.1 Å². The van der Waals surface area contributed by atoms with Gasteiger partial charge in [0.1, 0.15) is 10.0 Å². The number of nitrogens with zero attached hydrogens (tertiary/aromatic N) is 3. The van der Waals surface area contributed by atoms with Crippen molar-refractivity contribution < 1.29 is 18.9 Å². The van der Waals surface area contributed by atoms with E-state index in [4.69, 9.17) is 11.6 Å². The molecule has 2 heterocycles. The van der Waals surface area contributed by atoms with Gasteiger partial charge in [-0.15, -0.1) is 0 Å². The van der Waals surface area contributed by atoms with Gasteiger partial charge in [0.25, 0.3) is 0 Å². The summed E-state index contributed by atoms with van der Waals surface area (Å²) in [6, 6.07) is 3.48. The molecule has 130 valence electrons. The second-order valence-corrected chi connectivity index (χ2v) is 8.13. The first-order valence-electron chi connectivity index (χ1n) is 7.32. The SMILES string of the molecule is CCN(C(=O)C(C)CS(C)=O)c1sc(-c2ccc[n+](O)c2)nc1Cl. The van der Waals surface area contributed by atoms with E-state index in [0.717, 1.165) is 4.73 Å². The molecule has 0 spiro atoms. The van der Waals surface area contributed by atoms with Gasteiger partial charge in [-0.2, -0.15) is 0 Å². The summed E-state index contributed by atoms with van der Waals surface area (Å²) in [5.74, 6) is -0.189. The normalized spacial score (nSPS) is 13.5. The maximum atomic E-state index is 12.6. The number of aromatic nitrogens is 2. The number of carbonyl (C=O) groups is 1. The van der Waals surface area contributed by atoms with Crippen molar-refractivity contribution >= 4 is 44.6 Å². The van der Waals surface area contributed by atoms with Crippen LogP contribution in [0.3, 0.4) is 0 Å². The lowest BCUT2D eigenvalue weighted by Crippen LogP contribution is -2.36. The lowest BCUT2D eigenvalue weighted by molar-refractivity contribution is -0.904. The van der Waals surface area contributed by atoms with Gasteiger partial charge in [0.05, 0.1) is 5.56 Å². The average molecular weight is 389 g/mol. The minimum atomic E-state index is -1.05. The van der Waals surface area contributed by atoms with Crippen molar-refractivity contribution in [2.75, 3.05) is 23.5 Å². The maximum absolute atomic E-state index is 12.6. The highest BCUT2D eigenvalue weighted by molar-refractivity contribution is 7.84. The Balaban J connectivity index is 2.33. The first-order valence-corrected chi connectivity index (χ1v) is 10.2. The van der Waals surface area contributed by atoms with Crippen molar-refractivity contribution in [1.82, 2.24) is 4.98 Å². The summed E-state index contributed by atoms with van der Waals surface area (Å²) in [4.78, 5) is 18.5. The van der Waals surface area contributed by atoms with Crippen LogP contribution in [0.25, 0.3) is 10.6 Å². The van der Waals surface area contributed by atoms with Gasteiger partial charge in [0.2, 0.25) is 18.3 Å². The Morgan fingerprint density at radius 2 is 2.29 bits per heavy atom. The van der Waals surface area contributed by atoms with Crippen molar-refractivity contribution in [2.24, 2.45) is 5.92 Å². The van der Waals surface area contributed by atoms with Crippen LogP contribution in [0.4, 0.5) is 5.00 Å². The monoisotopic (exact) mass is 388 g/mol. The molecule has 6 nitrogen and oxygen atoms in total. The molecule has 2 unspecified atom stereocenters. The van der Waals surface area contributed by atoms with Crippen LogP contribution in [0.1, 0.15) is 13.8 Å². The summed E-state index contributed by atoms with van der Waals surface area (Å²) in [6.07, 6.45) is 4.59. The third kappa shape index (κ3) is 4.31. The Hall–Kier alpha value is -1.51. The van der Waals surface area contributed by atoms with Crippen molar-refractivity contribution in [3.05, 3.63) is 29.7 Å². The molecular weight excluding hydrogens is 370 g/mol. The second kappa shape index (κ2) is 8.04. The molecule has 0 aliphatic heterocycles. The second-order valence-electron chi connectivity index (χ2n) is 5.31. The van der Waals surface area contributed by atoms with E-state index in [9.17, 15) is 14.2 Å². The predicted molar refractivity (Wildman–Crippen MR) is 96.1 cm³/mol. The molecule has 0 fully saturated rings. The van der Waals surface area contributed by atoms with Crippen molar-refractivity contribution in [1.29, 1.82) is 0 Å². The molecule has 24 heavy (non-hydrogen) atoms. The van der Waals surface area contributed by atoms with E-state index >= 15 is 0 Å². The van der Waals surface area contributed by atoms with Crippen molar-refractivity contribution in [3.63, 3.8) is 0 Å². The summed E-state index contributed by atoms with van der Waals surface area (Å²) in [7, 11) is -1.05. The standard InChI is InChI=1S/C15H19ClN3O3S2/c1-4-19(14(20)10(2)9-24(3)22)15-12(16)17-13(23-15)11-6-5-7-18(21)8-11/h5-8,10,21H,4,9H2,1-3H3/q+1. The van der Waals surface area contributed by atoms with E-state index in [1.54, 1.807) is 30.2 Å². The van der Waals surface area contributed by atoms with Crippen LogP contribution in [0, 0.1) is 5.92 Å². The fourth-order valence-electron chi connectivity index (χ4n) is 2.26. The fourth-order valence-corrected chi connectivity index (χ4v) is 4.48. The number of pyridine rings is 1. The van der Waals surface area contributed by atoms with Crippen LogP contribution in [0.2, 0.25) is 5.15 Å². The molecule has 2 atom stereocenters. The zero-order chi connectivity index (χ0) is 17.9. The van der Waals surface area contributed by atoms with E-state index in [-0.39, 0.29) is 17.0 Å². The summed E-state index contributed by atoms with van der Waals surface area (Å²) >= 11 is 7.52. The van der Waals surface area contributed by atoms with Gasteiger partial charge in [-0.05, 0) is 13.0 Å². The minimum Gasteiger partial charge on any atom is -0.301 e. The number of hydrogen-bond acceptors (Lipinski definition) is 5. The molecule has 2 aromatic rings. The van der Waals surface area contributed by atoms with Crippen LogP contribution < -0.4 is 9.63 Å². The van der Waals surface area contributed by atoms with Crippen LogP contribution >= 0.6 is 22.9 Å². The molecule has 0 aliphatic carbocycles. The Kier molecular flexibility index (Phi) is 6.31. The Morgan fingerprint density at radius 3 is 2.88 bits per heavy atom. The van der Waals surface area contributed by atoms with Gasteiger partial charge in [-0.25, -0.2) is 4.98 Å². The Bertz CT molecular complexity index is 766. The molecule has 0 aromatic carbocycles. The molecule has 0 aliphatic rings. The first kappa shape index (κ1) is 18.8. The molecule has 1 amide bonds. The number of anilines is 1. The zero-order valence-corrected chi connectivity index (χ0v) is 16.0. The molecule has 0 bridgehead atoms. The van der Waals surface area contributed by atoms with Crippen molar-refractivity contribution in [3.8, 4) is 10.6 Å². The quantitative estimate of drug-likeness (QED) is 0.609. The largest absolute Gasteiger partial charge is 0.301 e. The number of hydrogen-bond donors (Lipinski definition) is 1. The molecular formula is C15H19ClN3O3S2+. The van der Waals surface area contributed by atoms with Crippen LogP contribution in [0.5, 0.6) is 0 Å². The maximum Gasteiger partial charge on any atom is 0.232 e. The van der Waals surface area contributed by atoms with Gasteiger partial charge in [0.15, 0.2) is 5.15 Å². The lowest BCUT2D eigenvalue weighted by atomic mass is 10.2. The molecule has 2 aromatic heterocycles. The highest BCUT2D eigenvalue weighted by Gasteiger charge is 2.26. The molecule has 2 rings (SSSR count). The minimum absolute atomic E-state index is 0.130. The van der Waals surface area contributed by atoms with E-state index in [1.165, 1.54) is 23.7 Å². The van der Waals surface area contributed by atoms with Crippen LogP contribution in [0.15, 0.2) is 24.5 Å². The first-order chi connectivity index (χ1) is 11.3. The summed E-state index contributed by atoms with van der Waals surface area (Å²) in [5, 5.41) is 10.9.